The van der Waals surface area contributed by atoms with Gasteiger partial charge in [0.15, 0.2) is 0 Å². The van der Waals surface area contributed by atoms with Crippen molar-refractivity contribution in [2.24, 2.45) is 0 Å². The van der Waals surface area contributed by atoms with Gasteiger partial charge in [-0.05, 0) is 60.7 Å². The van der Waals surface area contributed by atoms with Crippen LogP contribution in [0.1, 0.15) is 10.4 Å². The van der Waals surface area contributed by atoms with Crippen LogP contribution in [-0.4, -0.2) is 16.1 Å². The lowest BCUT2D eigenvalue weighted by atomic mass is 10.2. The van der Waals surface area contributed by atoms with Crippen LogP contribution in [0, 0.1) is 0 Å². The smallest absolute Gasteiger partial charge is 0.255 e. The summed E-state index contributed by atoms with van der Waals surface area (Å²) in [4.78, 5) is 12.2. The zero-order valence-corrected chi connectivity index (χ0v) is 16.2. The Morgan fingerprint density at radius 1 is 0.821 bits per heavy atom. The van der Waals surface area contributed by atoms with Crippen molar-refractivity contribution in [2.45, 2.75) is 0 Å². The lowest BCUT2D eigenvalue weighted by molar-refractivity contribution is 0.102. The molecular weight excluding hydrogens is 392 g/mol. The van der Waals surface area contributed by atoms with E-state index in [1.54, 1.807) is 12.1 Å². The highest BCUT2D eigenvalue weighted by molar-refractivity contribution is 7.18. The van der Waals surface area contributed by atoms with Crippen LogP contribution in [0.4, 0.5) is 16.5 Å². The summed E-state index contributed by atoms with van der Waals surface area (Å²) in [7, 11) is 0. The molecule has 0 saturated heterocycles. The van der Waals surface area contributed by atoms with Crippen LogP contribution in [0.25, 0.3) is 10.6 Å². The Morgan fingerprint density at radius 2 is 1.50 bits per heavy atom. The molecule has 0 unspecified atom stereocenters. The lowest BCUT2D eigenvalue weighted by Crippen LogP contribution is -2.11. The van der Waals surface area contributed by atoms with Gasteiger partial charge in [-0.2, -0.15) is 0 Å². The molecule has 0 radical (unpaired) electrons. The van der Waals surface area contributed by atoms with Gasteiger partial charge in [0, 0.05) is 27.5 Å². The molecule has 0 saturated carbocycles. The summed E-state index contributed by atoms with van der Waals surface area (Å²) >= 11 is 7.35. The van der Waals surface area contributed by atoms with Gasteiger partial charge in [0.2, 0.25) is 5.13 Å². The predicted molar refractivity (Wildman–Crippen MR) is 114 cm³/mol. The van der Waals surface area contributed by atoms with Gasteiger partial charge < -0.3 is 10.6 Å². The van der Waals surface area contributed by atoms with E-state index in [0.717, 1.165) is 21.9 Å². The number of amides is 1. The van der Waals surface area contributed by atoms with Gasteiger partial charge in [-0.25, -0.2) is 0 Å². The normalized spacial score (nSPS) is 10.5. The zero-order valence-electron chi connectivity index (χ0n) is 14.6. The fourth-order valence-corrected chi connectivity index (χ4v) is 3.43. The second-order valence-electron chi connectivity index (χ2n) is 5.94. The molecule has 1 heterocycles. The van der Waals surface area contributed by atoms with Crippen molar-refractivity contribution < 1.29 is 4.79 Å². The van der Waals surface area contributed by atoms with Crippen molar-refractivity contribution in [3.8, 4) is 10.6 Å². The molecule has 2 N–H and O–H groups in total. The Kier molecular flexibility index (Phi) is 5.32. The summed E-state index contributed by atoms with van der Waals surface area (Å²) < 4.78 is 0. The van der Waals surface area contributed by atoms with Crippen LogP contribution in [-0.2, 0) is 0 Å². The third-order valence-electron chi connectivity index (χ3n) is 3.95. The molecule has 0 aliphatic heterocycles. The van der Waals surface area contributed by atoms with Gasteiger partial charge in [-0.1, -0.05) is 41.1 Å². The van der Waals surface area contributed by atoms with Gasteiger partial charge >= 0.3 is 0 Å². The Bertz CT molecular complexity index is 1080. The maximum Gasteiger partial charge on any atom is 0.255 e. The van der Waals surface area contributed by atoms with Gasteiger partial charge in [0.1, 0.15) is 5.01 Å². The second-order valence-corrected chi connectivity index (χ2v) is 7.36. The molecule has 7 heteroatoms. The first kappa shape index (κ1) is 18.2. The van der Waals surface area contributed by atoms with Crippen LogP contribution in [0.2, 0.25) is 5.02 Å². The molecule has 1 amide bonds. The average molecular weight is 407 g/mol. The third-order valence-corrected chi connectivity index (χ3v) is 5.09. The first-order valence-electron chi connectivity index (χ1n) is 8.50. The SMILES string of the molecule is O=C(Nc1ccc(-c2nnc(Nc3ccc(Cl)cc3)s2)cc1)c1ccccc1. The lowest BCUT2D eigenvalue weighted by Gasteiger charge is -2.05. The number of halogens is 1. The van der Waals surface area contributed by atoms with Gasteiger partial charge in [-0.15, -0.1) is 10.2 Å². The Balaban J connectivity index is 1.43. The molecule has 0 fully saturated rings. The van der Waals surface area contributed by atoms with E-state index in [2.05, 4.69) is 20.8 Å². The number of rotatable bonds is 5. The molecule has 138 valence electrons. The van der Waals surface area contributed by atoms with Crippen molar-refractivity contribution >= 4 is 45.4 Å². The Hall–Kier alpha value is -3.22. The molecular formula is C21H15ClN4OS. The summed E-state index contributed by atoms with van der Waals surface area (Å²) in [6, 6.07) is 24.0. The minimum atomic E-state index is -0.140. The number of benzene rings is 3. The number of carbonyl (C=O) groups excluding carboxylic acids is 1. The summed E-state index contributed by atoms with van der Waals surface area (Å²) in [5.74, 6) is -0.140. The first-order chi connectivity index (χ1) is 13.7. The highest BCUT2D eigenvalue weighted by atomic mass is 35.5. The van der Waals surface area contributed by atoms with Crippen LogP contribution in [0.3, 0.4) is 0 Å². The summed E-state index contributed by atoms with van der Waals surface area (Å²) in [6.45, 7) is 0. The number of nitrogens with zero attached hydrogens (tertiary/aromatic N) is 2. The molecule has 0 aliphatic carbocycles. The number of aromatic nitrogens is 2. The number of carbonyl (C=O) groups is 1. The van der Waals surface area contributed by atoms with Crippen molar-refractivity contribution in [3.05, 3.63) is 89.4 Å². The molecule has 0 aliphatic rings. The van der Waals surface area contributed by atoms with Crippen LogP contribution < -0.4 is 10.6 Å². The number of hydrogen-bond acceptors (Lipinski definition) is 5. The number of hydrogen-bond donors (Lipinski definition) is 2. The van der Waals surface area contributed by atoms with Gasteiger partial charge in [0.25, 0.3) is 5.91 Å². The van der Waals surface area contributed by atoms with E-state index in [9.17, 15) is 4.79 Å². The maximum atomic E-state index is 12.2. The van der Waals surface area contributed by atoms with Crippen LogP contribution in [0.15, 0.2) is 78.9 Å². The molecule has 3 aromatic carbocycles. The Labute approximate surface area is 171 Å². The largest absolute Gasteiger partial charge is 0.330 e. The van der Waals surface area contributed by atoms with Crippen molar-refractivity contribution in [1.82, 2.24) is 10.2 Å². The predicted octanol–water partition coefficient (Wildman–Crippen LogP) is 5.85. The highest BCUT2D eigenvalue weighted by Gasteiger charge is 2.09. The van der Waals surface area contributed by atoms with E-state index in [0.29, 0.717) is 15.7 Å². The summed E-state index contributed by atoms with van der Waals surface area (Å²) in [6.07, 6.45) is 0. The van der Waals surface area contributed by atoms with E-state index in [1.807, 2.05) is 66.7 Å². The molecule has 0 spiro atoms. The Morgan fingerprint density at radius 3 is 2.21 bits per heavy atom. The standard InChI is InChI=1S/C21H15ClN4OS/c22-16-8-12-18(13-9-16)24-21-26-25-20(28-21)15-6-10-17(11-7-15)23-19(27)14-4-2-1-3-5-14/h1-13H,(H,23,27)(H,24,26). The van der Waals surface area contributed by atoms with E-state index in [1.165, 1.54) is 11.3 Å². The van der Waals surface area contributed by atoms with E-state index in [-0.39, 0.29) is 5.91 Å². The number of nitrogens with one attached hydrogen (secondary N) is 2. The summed E-state index contributed by atoms with van der Waals surface area (Å²) in [5.41, 5.74) is 3.17. The van der Waals surface area contributed by atoms with E-state index in [4.69, 9.17) is 11.6 Å². The summed E-state index contributed by atoms with van der Waals surface area (Å²) in [5, 5.41) is 16.7. The monoisotopic (exact) mass is 406 g/mol. The fourth-order valence-electron chi connectivity index (χ4n) is 2.54. The molecule has 1 aromatic heterocycles. The quantitative estimate of drug-likeness (QED) is 0.436. The molecule has 5 nitrogen and oxygen atoms in total. The zero-order chi connectivity index (χ0) is 19.3. The van der Waals surface area contributed by atoms with Crippen LogP contribution in [0.5, 0.6) is 0 Å². The molecule has 0 bridgehead atoms. The van der Waals surface area contributed by atoms with E-state index >= 15 is 0 Å². The van der Waals surface area contributed by atoms with Crippen molar-refractivity contribution in [3.63, 3.8) is 0 Å². The first-order valence-corrected chi connectivity index (χ1v) is 9.70. The van der Waals surface area contributed by atoms with Gasteiger partial charge in [-0.3, -0.25) is 4.79 Å². The average Bonchev–Trinajstić information content (AvgIpc) is 3.19. The molecule has 0 atom stereocenters. The third kappa shape index (κ3) is 4.36. The molecule has 4 rings (SSSR count). The molecule has 28 heavy (non-hydrogen) atoms. The maximum absolute atomic E-state index is 12.2. The molecule has 4 aromatic rings. The van der Waals surface area contributed by atoms with Crippen molar-refractivity contribution in [1.29, 1.82) is 0 Å². The fraction of sp³-hybridized carbons (Fsp3) is 0. The van der Waals surface area contributed by atoms with Crippen LogP contribution >= 0.6 is 22.9 Å². The van der Waals surface area contributed by atoms with E-state index < -0.39 is 0 Å². The topological polar surface area (TPSA) is 66.9 Å². The minimum absolute atomic E-state index is 0.140. The highest BCUT2D eigenvalue weighted by Crippen LogP contribution is 2.29. The van der Waals surface area contributed by atoms with Crippen molar-refractivity contribution in [2.75, 3.05) is 10.6 Å². The number of anilines is 3. The second kappa shape index (κ2) is 8.21. The van der Waals surface area contributed by atoms with Gasteiger partial charge in [0.05, 0.1) is 0 Å². The minimum Gasteiger partial charge on any atom is -0.330 e.